The van der Waals surface area contributed by atoms with Crippen LogP contribution >= 0.6 is 11.3 Å². The molecular formula is C28H28N2S. The van der Waals surface area contributed by atoms with Crippen molar-refractivity contribution < 1.29 is 0 Å². The molecule has 3 heteroatoms. The average Bonchev–Trinajstić information content (AvgIpc) is 3.03. The maximum Gasteiger partial charge on any atom is 0.111 e. The standard InChI is InChI=1S/C28H28N2S/c1-16-9-17(2)11-22(10-16)26-27-25(18(3)29-30-26)23-13-20-8-7-19(15-28(4,5)6)12-21(20)14-24(23)31-27/h7-14H,15H2,1-6H3. The lowest BCUT2D eigenvalue weighted by molar-refractivity contribution is 0.411. The number of rotatable bonds is 2. The molecule has 0 aliphatic rings. The Balaban J connectivity index is 1.76. The highest BCUT2D eigenvalue weighted by atomic mass is 32.1. The summed E-state index contributed by atoms with van der Waals surface area (Å²) in [7, 11) is 0. The van der Waals surface area contributed by atoms with Crippen molar-refractivity contribution in [3.63, 3.8) is 0 Å². The number of hydrogen-bond acceptors (Lipinski definition) is 3. The van der Waals surface area contributed by atoms with Crippen molar-refractivity contribution in [3.8, 4) is 11.3 Å². The summed E-state index contributed by atoms with van der Waals surface area (Å²) in [6.45, 7) is 13.2. The third-order valence-electron chi connectivity index (χ3n) is 5.82. The van der Waals surface area contributed by atoms with Gasteiger partial charge in [0, 0.05) is 21.0 Å². The van der Waals surface area contributed by atoms with Gasteiger partial charge in [-0.15, -0.1) is 16.4 Å². The first-order chi connectivity index (χ1) is 14.7. The van der Waals surface area contributed by atoms with Crippen molar-refractivity contribution in [2.75, 3.05) is 0 Å². The van der Waals surface area contributed by atoms with E-state index >= 15 is 0 Å². The summed E-state index contributed by atoms with van der Waals surface area (Å²) < 4.78 is 2.54. The second kappa shape index (κ2) is 7.13. The lowest BCUT2D eigenvalue weighted by Gasteiger charge is -2.18. The zero-order chi connectivity index (χ0) is 21.9. The molecule has 5 rings (SSSR count). The number of thiophene rings is 1. The summed E-state index contributed by atoms with van der Waals surface area (Å²) in [5.74, 6) is 0. The van der Waals surface area contributed by atoms with Crippen LogP contribution < -0.4 is 0 Å². The van der Waals surface area contributed by atoms with E-state index in [1.54, 1.807) is 0 Å². The summed E-state index contributed by atoms with van der Waals surface area (Å²) in [5.41, 5.74) is 7.33. The molecule has 0 aliphatic carbocycles. The molecule has 2 nitrogen and oxygen atoms in total. The van der Waals surface area contributed by atoms with Crippen LogP contribution in [0.4, 0.5) is 0 Å². The molecule has 0 N–H and O–H groups in total. The molecular weight excluding hydrogens is 396 g/mol. The van der Waals surface area contributed by atoms with E-state index in [1.807, 2.05) is 11.3 Å². The van der Waals surface area contributed by atoms with Gasteiger partial charge in [0.25, 0.3) is 0 Å². The molecule has 5 aromatic rings. The first kappa shape index (κ1) is 20.1. The van der Waals surface area contributed by atoms with E-state index in [0.29, 0.717) is 0 Å². The van der Waals surface area contributed by atoms with Gasteiger partial charge in [0.2, 0.25) is 0 Å². The van der Waals surface area contributed by atoms with Gasteiger partial charge in [0.15, 0.2) is 0 Å². The maximum atomic E-state index is 4.64. The smallest absolute Gasteiger partial charge is 0.111 e. The van der Waals surface area contributed by atoms with Crippen LogP contribution in [0.1, 0.15) is 43.2 Å². The van der Waals surface area contributed by atoms with Gasteiger partial charge >= 0.3 is 0 Å². The van der Waals surface area contributed by atoms with E-state index in [4.69, 9.17) is 0 Å². The van der Waals surface area contributed by atoms with Crippen molar-refractivity contribution in [1.82, 2.24) is 10.2 Å². The van der Waals surface area contributed by atoms with Crippen LogP contribution in [0.2, 0.25) is 0 Å². The van der Waals surface area contributed by atoms with Crippen LogP contribution in [-0.4, -0.2) is 10.2 Å². The van der Waals surface area contributed by atoms with E-state index in [9.17, 15) is 0 Å². The van der Waals surface area contributed by atoms with Gasteiger partial charge in [0.1, 0.15) is 5.69 Å². The molecule has 0 fully saturated rings. The van der Waals surface area contributed by atoms with Gasteiger partial charge in [-0.25, -0.2) is 0 Å². The highest BCUT2D eigenvalue weighted by Gasteiger charge is 2.17. The Morgan fingerprint density at radius 2 is 1.55 bits per heavy atom. The summed E-state index contributed by atoms with van der Waals surface area (Å²) >= 11 is 1.84. The van der Waals surface area contributed by atoms with E-state index in [-0.39, 0.29) is 5.41 Å². The average molecular weight is 425 g/mol. The molecule has 156 valence electrons. The number of aryl methyl sites for hydroxylation is 3. The molecule has 0 spiro atoms. The summed E-state index contributed by atoms with van der Waals surface area (Å²) in [6.07, 6.45) is 1.08. The quantitative estimate of drug-likeness (QED) is 0.285. The normalized spacial score (nSPS) is 12.3. The topological polar surface area (TPSA) is 25.8 Å². The number of hydrogen-bond donors (Lipinski definition) is 0. The van der Waals surface area contributed by atoms with E-state index < -0.39 is 0 Å². The summed E-state index contributed by atoms with van der Waals surface area (Å²) in [4.78, 5) is 0. The Hall–Kier alpha value is -2.78. The Labute approximate surface area is 188 Å². The molecule has 0 saturated carbocycles. The van der Waals surface area contributed by atoms with Gasteiger partial charge in [-0.2, -0.15) is 5.10 Å². The van der Waals surface area contributed by atoms with Crippen LogP contribution in [0, 0.1) is 26.2 Å². The molecule has 0 atom stereocenters. The van der Waals surface area contributed by atoms with Crippen LogP contribution in [0.3, 0.4) is 0 Å². The van der Waals surface area contributed by atoms with Crippen LogP contribution in [0.15, 0.2) is 48.5 Å². The van der Waals surface area contributed by atoms with Crippen molar-refractivity contribution in [2.24, 2.45) is 5.41 Å². The molecule has 2 aromatic heterocycles. The molecule has 2 heterocycles. The summed E-state index contributed by atoms with van der Waals surface area (Å²) in [6, 6.07) is 18.2. The SMILES string of the molecule is Cc1cc(C)cc(-c2nnc(C)c3c2sc2cc4cc(CC(C)(C)C)ccc4cc23)c1. The fourth-order valence-corrected chi connectivity index (χ4v) is 5.95. The maximum absolute atomic E-state index is 4.64. The van der Waals surface area contributed by atoms with Gasteiger partial charge < -0.3 is 0 Å². The van der Waals surface area contributed by atoms with Crippen LogP contribution in [0.25, 0.3) is 42.2 Å². The molecule has 31 heavy (non-hydrogen) atoms. The summed E-state index contributed by atoms with van der Waals surface area (Å²) in [5, 5.41) is 14.3. The zero-order valence-electron chi connectivity index (χ0n) is 19.1. The molecule has 0 bridgehead atoms. The van der Waals surface area contributed by atoms with Gasteiger partial charge in [-0.05, 0) is 73.2 Å². The predicted molar refractivity (Wildman–Crippen MR) is 135 cm³/mol. The Kier molecular flexibility index (Phi) is 4.63. The lowest BCUT2D eigenvalue weighted by Crippen LogP contribution is -2.08. The van der Waals surface area contributed by atoms with Crippen molar-refractivity contribution in [2.45, 2.75) is 48.0 Å². The minimum Gasteiger partial charge on any atom is -0.155 e. The van der Waals surface area contributed by atoms with E-state index in [2.05, 4.69) is 100 Å². The number of aromatic nitrogens is 2. The largest absolute Gasteiger partial charge is 0.155 e. The minimum atomic E-state index is 0.282. The van der Waals surface area contributed by atoms with Crippen molar-refractivity contribution in [3.05, 3.63) is 70.9 Å². The van der Waals surface area contributed by atoms with Crippen molar-refractivity contribution in [1.29, 1.82) is 0 Å². The highest BCUT2D eigenvalue weighted by molar-refractivity contribution is 7.26. The number of fused-ring (bicyclic) bond motifs is 4. The third-order valence-corrected chi connectivity index (χ3v) is 6.98. The minimum absolute atomic E-state index is 0.282. The molecule has 0 saturated heterocycles. The zero-order valence-corrected chi connectivity index (χ0v) is 19.9. The lowest BCUT2D eigenvalue weighted by atomic mass is 9.87. The second-order valence-electron chi connectivity index (χ2n) is 10.1. The fourth-order valence-electron chi connectivity index (χ4n) is 4.66. The molecule has 3 aromatic carbocycles. The monoisotopic (exact) mass is 424 g/mol. The second-order valence-corrected chi connectivity index (χ2v) is 11.1. The van der Waals surface area contributed by atoms with Gasteiger partial charge in [0.05, 0.1) is 10.4 Å². The van der Waals surface area contributed by atoms with E-state index in [1.165, 1.54) is 47.6 Å². The van der Waals surface area contributed by atoms with Gasteiger partial charge in [-0.3, -0.25) is 0 Å². The van der Waals surface area contributed by atoms with Crippen molar-refractivity contribution >= 4 is 42.3 Å². The van der Waals surface area contributed by atoms with Crippen LogP contribution in [0.5, 0.6) is 0 Å². The molecule has 0 unspecified atom stereocenters. The first-order valence-electron chi connectivity index (χ1n) is 10.9. The number of benzene rings is 3. The Bertz CT molecular complexity index is 1450. The molecule has 0 radical (unpaired) electrons. The Morgan fingerprint density at radius 3 is 2.26 bits per heavy atom. The first-order valence-corrected chi connectivity index (χ1v) is 11.7. The predicted octanol–water partition coefficient (Wildman–Crippen LogP) is 8.18. The highest BCUT2D eigenvalue weighted by Crippen LogP contribution is 2.41. The van der Waals surface area contributed by atoms with Gasteiger partial charge in [-0.1, -0.05) is 56.2 Å². The van der Waals surface area contributed by atoms with Crippen LogP contribution in [-0.2, 0) is 6.42 Å². The fraction of sp³-hybridized carbons (Fsp3) is 0.286. The number of nitrogens with zero attached hydrogens (tertiary/aromatic N) is 2. The Morgan fingerprint density at radius 1 is 0.806 bits per heavy atom. The van der Waals surface area contributed by atoms with E-state index in [0.717, 1.165) is 23.4 Å². The molecule has 0 amide bonds. The molecule has 0 aliphatic heterocycles. The third kappa shape index (κ3) is 3.72.